The van der Waals surface area contributed by atoms with Gasteiger partial charge in [0.2, 0.25) is 11.8 Å². The maximum absolute atomic E-state index is 12.9. The van der Waals surface area contributed by atoms with E-state index in [0.29, 0.717) is 40.3 Å². The number of hydrogen-bond donors (Lipinski definition) is 2. The number of piperidine rings is 1. The molecule has 2 aromatic rings. The van der Waals surface area contributed by atoms with Gasteiger partial charge in [-0.3, -0.25) is 24.5 Å². The molecule has 3 aliphatic heterocycles. The van der Waals surface area contributed by atoms with Crippen molar-refractivity contribution >= 4 is 51.3 Å². The SMILES string of the molecule is COc1cc(Br)cc2c1OCC(C(=O)Nc1ccc3c(c1)CN(C1CCC(=O)NC1=O)C3=O)=C2. The highest BCUT2D eigenvalue weighted by molar-refractivity contribution is 9.10. The number of rotatable bonds is 4. The molecule has 9 nitrogen and oxygen atoms in total. The first-order chi connectivity index (χ1) is 16.3. The van der Waals surface area contributed by atoms with E-state index in [2.05, 4.69) is 26.6 Å². The first-order valence-corrected chi connectivity index (χ1v) is 11.4. The highest BCUT2D eigenvalue weighted by Gasteiger charge is 2.39. The summed E-state index contributed by atoms with van der Waals surface area (Å²) in [4.78, 5) is 50.9. The van der Waals surface area contributed by atoms with Crippen LogP contribution in [0.3, 0.4) is 0 Å². The Morgan fingerprint density at radius 2 is 2.06 bits per heavy atom. The van der Waals surface area contributed by atoms with E-state index in [-0.39, 0.29) is 37.3 Å². The van der Waals surface area contributed by atoms with Crippen LogP contribution < -0.4 is 20.1 Å². The van der Waals surface area contributed by atoms with Crippen LogP contribution in [0.15, 0.2) is 40.4 Å². The van der Waals surface area contributed by atoms with Crippen molar-refractivity contribution in [1.29, 1.82) is 0 Å². The van der Waals surface area contributed by atoms with Gasteiger partial charge in [0.25, 0.3) is 11.8 Å². The monoisotopic (exact) mass is 525 g/mol. The van der Waals surface area contributed by atoms with Crippen LogP contribution in [0.1, 0.15) is 34.3 Å². The number of hydrogen-bond acceptors (Lipinski definition) is 6. The van der Waals surface area contributed by atoms with Crippen LogP contribution >= 0.6 is 15.9 Å². The van der Waals surface area contributed by atoms with Gasteiger partial charge in [-0.1, -0.05) is 15.9 Å². The summed E-state index contributed by atoms with van der Waals surface area (Å²) in [5.41, 5.74) is 2.88. The summed E-state index contributed by atoms with van der Waals surface area (Å²) < 4.78 is 11.9. The number of fused-ring (bicyclic) bond motifs is 2. The topological polar surface area (TPSA) is 114 Å². The Balaban J connectivity index is 1.33. The molecule has 3 aliphatic rings. The third-order valence-corrected chi connectivity index (χ3v) is 6.50. The fourth-order valence-corrected chi connectivity index (χ4v) is 4.83. The minimum absolute atomic E-state index is 0.0868. The van der Waals surface area contributed by atoms with Gasteiger partial charge in [-0.25, -0.2) is 0 Å². The molecule has 0 aliphatic carbocycles. The molecule has 1 saturated heterocycles. The minimum atomic E-state index is -0.684. The van der Waals surface area contributed by atoms with E-state index in [0.717, 1.165) is 10.0 Å². The highest BCUT2D eigenvalue weighted by atomic mass is 79.9. The molecule has 34 heavy (non-hydrogen) atoms. The van der Waals surface area contributed by atoms with Crippen LogP contribution in [-0.4, -0.2) is 48.3 Å². The molecule has 3 heterocycles. The molecule has 174 valence electrons. The van der Waals surface area contributed by atoms with Crippen LogP contribution in [0.5, 0.6) is 11.5 Å². The van der Waals surface area contributed by atoms with Gasteiger partial charge < -0.3 is 19.7 Å². The number of carbonyl (C=O) groups is 4. The molecule has 10 heteroatoms. The van der Waals surface area contributed by atoms with Gasteiger partial charge in [0, 0.05) is 34.3 Å². The fourth-order valence-electron chi connectivity index (χ4n) is 4.38. The predicted molar refractivity (Wildman–Crippen MR) is 125 cm³/mol. The average molecular weight is 526 g/mol. The third kappa shape index (κ3) is 3.94. The quantitative estimate of drug-likeness (QED) is 0.593. The van der Waals surface area contributed by atoms with Gasteiger partial charge in [-0.15, -0.1) is 0 Å². The van der Waals surface area contributed by atoms with E-state index in [1.54, 1.807) is 37.5 Å². The van der Waals surface area contributed by atoms with Crippen LogP contribution in [-0.2, 0) is 20.9 Å². The molecule has 1 fully saturated rings. The van der Waals surface area contributed by atoms with Crippen molar-refractivity contribution < 1.29 is 28.7 Å². The minimum Gasteiger partial charge on any atom is -0.493 e. The number of imide groups is 1. The number of carbonyl (C=O) groups excluding carboxylic acids is 4. The molecule has 2 N–H and O–H groups in total. The van der Waals surface area contributed by atoms with Gasteiger partial charge in [-0.2, -0.15) is 0 Å². The van der Waals surface area contributed by atoms with E-state index in [9.17, 15) is 19.2 Å². The summed E-state index contributed by atoms with van der Waals surface area (Å²) >= 11 is 3.43. The number of amides is 4. The standard InChI is InChI=1S/C24H20BrN3O6/c1-33-19-9-15(25)7-12-6-14(11-34-21(12)19)22(30)26-16-2-3-17-13(8-16)10-28(24(17)32)18-4-5-20(29)27-23(18)31/h2-3,6-9,18H,4-5,10-11H2,1H3,(H,26,30)(H,27,29,31). The number of benzene rings is 2. The number of methoxy groups -OCH3 is 1. The Morgan fingerprint density at radius 3 is 2.82 bits per heavy atom. The summed E-state index contributed by atoms with van der Waals surface area (Å²) in [6.45, 7) is 0.320. The number of halogens is 1. The van der Waals surface area contributed by atoms with Crippen molar-refractivity contribution in [2.75, 3.05) is 19.0 Å². The van der Waals surface area contributed by atoms with Crippen molar-refractivity contribution in [3.8, 4) is 11.5 Å². The number of anilines is 1. The van der Waals surface area contributed by atoms with Crippen molar-refractivity contribution in [2.45, 2.75) is 25.4 Å². The molecular formula is C24H20BrN3O6. The van der Waals surface area contributed by atoms with Crippen LogP contribution in [0, 0.1) is 0 Å². The molecule has 0 bridgehead atoms. The second-order valence-electron chi connectivity index (χ2n) is 8.21. The summed E-state index contributed by atoms with van der Waals surface area (Å²) in [5.74, 6) is -0.225. The molecule has 0 saturated carbocycles. The second-order valence-corrected chi connectivity index (χ2v) is 9.13. The zero-order chi connectivity index (χ0) is 24.0. The van der Waals surface area contributed by atoms with Crippen molar-refractivity contribution in [1.82, 2.24) is 10.2 Å². The average Bonchev–Trinajstić information content (AvgIpc) is 3.13. The van der Waals surface area contributed by atoms with Gasteiger partial charge in [0.05, 0.1) is 12.7 Å². The van der Waals surface area contributed by atoms with E-state index in [4.69, 9.17) is 9.47 Å². The zero-order valence-electron chi connectivity index (χ0n) is 18.1. The second kappa shape index (κ2) is 8.60. The summed E-state index contributed by atoms with van der Waals surface area (Å²) in [7, 11) is 1.55. The molecule has 0 aromatic heterocycles. The maximum Gasteiger partial charge on any atom is 0.255 e. The summed E-state index contributed by atoms with van der Waals surface area (Å²) in [6, 6.07) is 7.98. The molecule has 5 rings (SSSR count). The molecule has 0 spiro atoms. The Morgan fingerprint density at radius 1 is 1.24 bits per heavy atom. The van der Waals surface area contributed by atoms with Crippen molar-refractivity contribution in [2.24, 2.45) is 0 Å². The van der Waals surface area contributed by atoms with Gasteiger partial charge in [0.1, 0.15) is 12.6 Å². The number of nitrogens with zero attached hydrogens (tertiary/aromatic N) is 1. The predicted octanol–water partition coefficient (Wildman–Crippen LogP) is 2.63. The van der Waals surface area contributed by atoms with E-state index in [1.807, 2.05) is 6.07 Å². The molecule has 1 atom stereocenters. The lowest BCUT2D eigenvalue weighted by Gasteiger charge is -2.29. The maximum atomic E-state index is 12.9. The molecule has 0 radical (unpaired) electrons. The molecule has 2 aromatic carbocycles. The lowest BCUT2D eigenvalue weighted by molar-refractivity contribution is -0.136. The van der Waals surface area contributed by atoms with Crippen LogP contribution in [0.4, 0.5) is 5.69 Å². The molecular weight excluding hydrogens is 506 g/mol. The van der Waals surface area contributed by atoms with Gasteiger partial charge in [0.15, 0.2) is 11.5 Å². The largest absolute Gasteiger partial charge is 0.493 e. The van der Waals surface area contributed by atoms with E-state index < -0.39 is 11.9 Å². The lowest BCUT2D eigenvalue weighted by atomic mass is 10.0. The molecule has 1 unspecified atom stereocenters. The Labute approximate surface area is 203 Å². The van der Waals surface area contributed by atoms with Crippen LogP contribution in [0.25, 0.3) is 6.08 Å². The van der Waals surface area contributed by atoms with Gasteiger partial charge >= 0.3 is 0 Å². The van der Waals surface area contributed by atoms with Crippen molar-refractivity contribution in [3.05, 3.63) is 57.1 Å². The third-order valence-electron chi connectivity index (χ3n) is 6.04. The fraction of sp³-hybridized carbons (Fsp3) is 0.250. The number of ether oxygens (including phenoxy) is 2. The lowest BCUT2D eigenvalue weighted by Crippen LogP contribution is -2.52. The first-order valence-electron chi connectivity index (χ1n) is 10.6. The molecule has 4 amide bonds. The summed E-state index contributed by atoms with van der Waals surface area (Å²) in [6.07, 6.45) is 2.24. The Bertz CT molecular complexity index is 1290. The summed E-state index contributed by atoms with van der Waals surface area (Å²) in [5, 5.41) is 5.14. The highest BCUT2D eigenvalue weighted by Crippen LogP contribution is 2.38. The van der Waals surface area contributed by atoms with E-state index in [1.165, 1.54) is 4.90 Å². The van der Waals surface area contributed by atoms with Crippen molar-refractivity contribution in [3.63, 3.8) is 0 Å². The Kier molecular flexibility index (Phi) is 5.60. The Hall–Kier alpha value is -3.66. The number of nitrogens with one attached hydrogen (secondary N) is 2. The smallest absolute Gasteiger partial charge is 0.255 e. The first kappa shape index (κ1) is 22.1. The van der Waals surface area contributed by atoms with E-state index >= 15 is 0 Å². The normalized spacial score (nSPS) is 19.0. The zero-order valence-corrected chi connectivity index (χ0v) is 19.7. The van der Waals surface area contributed by atoms with Crippen LogP contribution in [0.2, 0.25) is 0 Å². The van der Waals surface area contributed by atoms with Gasteiger partial charge in [-0.05, 0) is 48.4 Å².